The van der Waals surface area contributed by atoms with Crippen molar-refractivity contribution in [3.8, 4) is 5.88 Å². The van der Waals surface area contributed by atoms with Gasteiger partial charge in [-0.2, -0.15) is 0 Å². The van der Waals surface area contributed by atoms with Crippen LogP contribution in [0.2, 0.25) is 5.02 Å². The van der Waals surface area contributed by atoms with E-state index in [0.717, 1.165) is 16.8 Å². The van der Waals surface area contributed by atoms with E-state index >= 15 is 0 Å². The van der Waals surface area contributed by atoms with E-state index in [4.69, 9.17) is 16.3 Å². The highest BCUT2D eigenvalue weighted by Gasteiger charge is 2.19. The molecule has 100 valence electrons. The maximum atomic E-state index is 6.12. The number of halogens is 1. The highest BCUT2D eigenvalue weighted by molar-refractivity contribution is 6.30. The van der Waals surface area contributed by atoms with Gasteiger partial charge in [-0.3, -0.25) is 4.98 Å². The zero-order chi connectivity index (χ0) is 13.8. The first-order valence-electron chi connectivity index (χ1n) is 5.95. The summed E-state index contributed by atoms with van der Waals surface area (Å²) in [6.07, 6.45) is 3.26. The second-order valence-electron chi connectivity index (χ2n) is 4.23. The molecule has 0 aliphatic heterocycles. The Morgan fingerprint density at radius 1 is 1.21 bits per heavy atom. The highest BCUT2D eigenvalue weighted by Crippen LogP contribution is 2.28. The number of hydrogen-bond donors (Lipinski definition) is 1. The number of nitrogens with zero attached hydrogens (tertiary/aromatic N) is 2. The van der Waals surface area contributed by atoms with E-state index in [2.05, 4.69) is 21.4 Å². The SMILES string of the molecule is CNC(c1cc(C)cc(Cl)c1)c1nccnc1OC. The number of hydrogen-bond acceptors (Lipinski definition) is 4. The standard InChI is InChI=1S/C14H16ClN3O/c1-9-6-10(8-11(15)7-9)12(16-2)13-14(19-3)18-5-4-17-13/h4-8,12,16H,1-3H3. The van der Waals surface area contributed by atoms with Gasteiger partial charge in [0, 0.05) is 17.4 Å². The van der Waals surface area contributed by atoms with Crippen LogP contribution < -0.4 is 10.1 Å². The molecule has 4 nitrogen and oxygen atoms in total. The number of methoxy groups -OCH3 is 1. The molecule has 0 saturated heterocycles. The molecule has 19 heavy (non-hydrogen) atoms. The first-order valence-corrected chi connectivity index (χ1v) is 6.32. The molecule has 2 rings (SSSR count). The lowest BCUT2D eigenvalue weighted by molar-refractivity contribution is 0.384. The number of benzene rings is 1. The summed E-state index contributed by atoms with van der Waals surface area (Å²) in [6.45, 7) is 2.01. The van der Waals surface area contributed by atoms with Gasteiger partial charge in [0.25, 0.3) is 0 Å². The number of nitrogens with one attached hydrogen (secondary N) is 1. The summed E-state index contributed by atoms with van der Waals surface area (Å²) in [5.41, 5.74) is 2.88. The maximum Gasteiger partial charge on any atom is 0.237 e. The summed E-state index contributed by atoms with van der Waals surface area (Å²) in [7, 11) is 3.46. The summed E-state index contributed by atoms with van der Waals surface area (Å²) < 4.78 is 5.26. The van der Waals surface area contributed by atoms with Crippen LogP contribution >= 0.6 is 11.6 Å². The van der Waals surface area contributed by atoms with E-state index in [-0.39, 0.29) is 6.04 Å². The van der Waals surface area contributed by atoms with Crippen molar-refractivity contribution in [3.05, 3.63) is 52.4 Å². The Hall–Kier alpha value is -1.65. The zero-order valence-corrected chi connectivity index (χ0v) is 11.9. The van der Waals surface area contributed by atoms with Gasteiger partial charge in [-0.05, 0) is 37.2 Å². The molecule has 0 spiro atoms. The average Bonchev–Trinajstić information content (AvgIpc) is 2.39. The predicted octanol–water partition coefficient (Wildman–Crippen LogP) is 2.76. The Bertz CT molecular complexity index is 554. The third-order valence-electron chi connectivity index (χ3n) is 2.84. The van der Waals surface area contributed by atoms with Gasteiger partial charge >= 0.3 is 0 Å². The summed E-state index contributed by atoms with van der Waals surface area (Å²) in [5, 5.41) is 3.93. The lowest BCUT2D eigenvalue weighted by Gasteiger charge is -2.18. The lowest BCUT2D eigenvalue weighted by Crippen LogP contribution is -2.20. The molecule has 1 aromatic carbocycles. The van der Waals surface area contributed by atoms with Crippen molar-refractivity contribution in [2.75, 3.05) is 14.2 Å². The Balaban J connectivity index is 2.49. The van der Waals surface area contributed by atoms with Crippen molar-refractivity contribution < 1.29 is 4.74 Å². The van der Waals surface area contributed by atoms with E-state index in [1.165, 1.54) is 0 Å². The smallest absolute Gasteiger partial charge is 0.237 e. The maximum absolute atomic E-state index is 6.12. The number of rotatable bonds is 4. The quantitative estimate of drug-likeness (QED) is 0.933. The van der Waals surface area contributed by atoms with E-state index < -0.39 is 0 Å². The van der Waals surface area contributed by atoms with Crippen molar-refractivity contribution in [3.63, 3.8) is 0 Å². The predicted molar refractivity (Wildman–Crippen MR) is 75.7 cm³/mol. The van der Waals surface area contributed by atoms with Crippen molar-refractivity contribution in [1.29, 1.82) is 0 Å². The van der Waals surface area contributed by atoms with Crippen LogP contribution in [0.5, 0.6) is 5.88 Å². The minimum atomic E-state index is -0.110. The summed E-state index contributed by atoms with van der Waals surface area (Å²) in [5.74, 6) is 0.513. The van der Waals surface area contributed by atoms with Crippen molar-refractivity contribution >= 4 is 11.6 Å². The van der Waals surface area contributed by atoms with Crippen molar-refractivity contribution in [2.45, 2.75) is 13.0 Å². The van der Waals surface area contributed by atoms with Crippen LogP contribution in [0.4, 0.5) is 0 Å². The molecule has 1 unspecified atom stereocenters. The molecule has 0 aliphatic carbocycles. The second-order valence-corrected chi connectivity index (χ2v) is 4.67. The molecule has 0 amide bonds. The third kappa shape index (κ3) is 3.03. The van der Waals surface area contributed by atoms with Crippen LogP contribution in [0.3, 0.4) is 0 Å². The fourth-order valence-corrected chi connectivity index (χ4v) is 2.38. The monoisotopic (exact) mass is 277 g/mol. The van der Waals surface area contributed by atoms with Gasteiger partial charge in [0.1, 0.15) is 5.69 Å². The molecule has 0 radical (unpaired) electrons. The van der Waals surface area contributed by atoms with Crippen LogP contribution in [0, 0.1) is 6.92 Å². The summed E-state index contributed by atoms with van der Waals surface area (Å²) in [4.78, 5) is 8.54. The molecule has 0 saturated carbocycles. The number of ether oxygens (including phenoxy) is 1. The molecule has 1 atom stereocenters. The Labute approximate surface area is 117 Å². The van der Waals surface area contributed by atoms with Crippen LogP contribution in [-0.4, -0.2) is 24.1 Å². The molecule has 0 aliphatic rings. The lowest BCUT2D eigenvalue weighted by atomic mass is 10.0. The molecule has 0 bridgehead atoms. The fourth-order valence-electron chi connectivity index (χ4n) is 2.08. The van der Waals surface area contributed by atoms with Crippen molar-refractivity contribution in [2.24, 2.45) is 0 Å². The van der Waals surface area contributed by atoms with E-state index in [0.29, 0.717) is 10.9 Å². The van der Waals surface area contributed by atoms with Crippen LogP contribution in [0.1, 0.15) is 22.9 Å². The van der Waals surface area contributed by atoms with Gasteiger partial charge in [-0.25, -0.2) is 4.98 Å². The molecular weight excluding hydrogens is 262 g/mol. The third-order valence-corrected chi connectivity index (χ3v) is 3.06. The largest absolute Gasteiger partial charge is 0.480 e. The van der Waals surface area contributed by atoms with Gasteiger partial charge < -0.3 is 10.1 Å². The normalized spacial score (nSPS) is 12.2. The molecule has 1 aromatic heterocycles. The fraction of sp³-hybridized carbons (Fsp3) is 0.286. The summed E-state index contributed by atoms with van der Waals surface area (Å²) in [6, 6.07) is 5.80. The Morgan fingerprint density at radius 3 is 2.58 bits per heavy atom. The van der Waals surface area contributed by atoms with Gasteiger partial charge in [0.05, 0.1) is 13.2 Å². The highest BCUT2D eigenvalue weighted by atomic mass is 35.5. The van der Waals surface area contributed by atoms with Gasteiger partial charge in [0.15, 0.2) is 0 Å². The van der Waals surface area contributed by atoms with Crippen molar-refractivity contribution in [1.82, 2.24) is 15.3 Å². The minimum absolute atomic E-state index is 0.110. The van der Waals surface area contributed by atoms with Gasteiger partial charge in [0.2, 0.25) is 5.88 Å². The summed E-state index contributed by atoms with van der Waals surface area (Å²) >= 11 is 6.12. The van der Waals surface area contributed by atoms with Crippen LogP contribution in [0.25, 0.3) is 0 Å². The first kappa shape index (κ1) is 13.8. The van der Waals surface area contributed by atoms with Gasteiger partial charge in [-0.1, -0.05) is 17.7 Å². The molecule has 0 fully saturated rings. The minimum Gasteiger partial charge on any atom is -0.480 e. The molecule has 5 heteroatoms. The number of aromatic nitrogens is 2. The van der Waals surface area contributed by atoms with E-state index in [1.54, 1.807) is 19.5 Å². The Kier molecular flexibility index (Phi) is 4.35. The van der Waals surface area contributed by atoms with Crippen LogP contribution in [0.15, 0.2) is 30.6 Å². The van der Waals surface area contributed by atoms with E-state index in [1.807, 2.05) is 26.1 Å². The Morgan fingerprint density at radius 2 is 1.95 bits per heavy atom. The molecular formula is C14H16ClN3O. The van der Waals surface area contributed by atoms with Gasteiger partial charge in [-0.15, -0.1) is 0 Å². The zero-order valence-electron chi connectivity index (χ0n) is 11.1. The van der Waals surface area contributed by atoms with E-state index in [9.17, 15) is 0 Å². The molecule has 2 aromatic rings. The number of aryl methyl sites for hydroxylation is 1. The molecule has 1 N–H and O–H groups in total. The topological polar surface area (TPSA) is 47.0 Å². The second kappa shape index (κ2) is 5.99. The first-order chi connectivity index (χ1) is 9.15. The molecule has 1 heterocycles. The van der Waals surface area contributed by atoms with Crippen LogP contribution in [-0.2, 0) is 0 Å². The average molecular weight is 278 g/mol.